The van der Waals surface area contributed by atoms with Gasteiger partial charge in [-0.3, -0.25) is 9.59 Å². The molecule has 0 spiro atoms. The summed E-state index contributed by atoms with van der Waals surface area (Å²) in [5, 5.41) is 6.73. The number of anilines is 1. The van der Waals surface area contributed by atoms with Crippen LogP contribution < -0.4 is 9.64 Å². The van der Waals surface area contributed by atoms with E-state index in [1.54, 1.807) is 18.9 Å². The molecule has 0 unspecified atom stereocenters. The smallest absolute Gasteiger partial charge is 0.254 e. The maximum atomic E-state index is 13.8. The lowest BCUT2D eigenvalue weighted by atomic mass is 9.46. The molecule has 0 aromatic heterocycles. The highest BCUT2D eigenvalue weighted by atomic mass is 32.2. The van der Waals surface area contributed by atoms with E-state index in [0.29, 0.717) is 5.92 Å². The van der Waals surface area contributed by atoms with Crippen molar-refractivity contribution in [3.63, 3.8) is 0 Å². The summed E-state index contributed by atoms with van der Waals surface area (Å²) in [6.45, 7) is 7.29. The number of hydrazone groups is 1. The SMILES string of the molecule is COc1ccc(N2CCCCS/C2=N\N2C(=O)[C@@H]3[C@H](C2=O)[C@@]2(C)C=C[C@]3(C(C)C)CC2)cc1. The van der Waals surface area contributed by atoms with Gasteiger partial charge in [0.1, 0.15) is 5.75 Å². The largest absolute Gasteiger partial charge is 0.497 e. The molecule has 6 rings (SSSR count). The molecule has 176 valence electrons. The molecule has 33 heavy (non-hydrogen) atoms. The molecule has 3 aliphatic carbocycles. The number of hydrogen-bond acceptors (Lipinski definition) is 5. The number of allylic oxidation sites excluding steroid dienone is 2. The fourth-order valence-corrected chi connectivity index (χ4v) is 7.22. The molecule has 2 heterocycles. The average Bonchev–Trinajstić information content (AvgIpc) is 2.96. The maximum absolute atomic E-state index is 13.8. The van der Waals surface area contributed by atoms with Crippen LogP contribution in [0, 0.1) is 28.6 Å². The van der Waals surface area contributed by atoms with Crippen molar-refractivity contribution in [3.05, 3.63) is 36.4 Å². The monoisotopic (exact) mass is 467 g/mol. The lowest BCUT2D eigenvalue weighted by molar-refractivity contribution is -0.140. The van der Waals surface area contributed by atoms with Crippen LogP contribution in [0.25, 0.3) is 0 Å². The van der Waals surface area contributed by atoms with E-state index < -0.39 is 0 Å². The number of imide groups is 1. The van der Waals surface area contributed by atoms with Gasteiger partial charge in [-0.1, -0.05) is 44.7 Å². The molecule has 2 amide bonds. The third kappa shape index (κ3) is 3.42. The molecule has 7 heteroatoms. The first kappa shape index (κ1) is 22.5. The third-order valence-electron chi connectivity index (χ3n) is 8.33. The molecule has 2 bridgehead atoms. The Bertz CT molecular complexity index is 1020. The predicted molar refractivity (Wildman–Crippen MR) is 132 cm³/mol. The normalized spacial score (nSPS) is 34.9. The van der Waals surface area contributed by atoms with E-state index in [9.17, 15) is 9.59 Å². The van der Waals surface area contributed by atoms with E-state index in [0.717, 1.165) is 54.6 Å². The summed E-state index contributed by atoms with van der Waals surface area (Å²) < 4.78 is 5.30. The number of ether oxygens (including phenoxy) is 1. The number of thioether (sulfide) groups is 1. The van der Waals surface area contributed by atoms with E-state index in [-0.39, 0.29) is 34.5 Å². The Morgan fingerprint density at radius 1 is 1.06 bits per heavy atom. The van der Waals surface area contributed by atoms with Crippen molar-refractivity contribution in [1.29, 1.82) is 0 Å². The van der Waals surface area contributed by atoms with E-state index in [1.807, 2.05) is 24.3 Å². The zero-order valence-corrected chi connectivity index (χ0v) is 20.7. The van der Waals surface area contributed by atoms with Gasteiger partial charge in [0.25, 0.3) is 11.8 Å². The molecule has 1 saturated carbocycles. The van der Waals surface area contributed by atoms with Crippen LogP contribution in [0.1, 0.15) is 46.5 Å². The highest BCUT2D eigenvalue weighted by molar-refractivity contribution is 8.14. The van der Waals surface area contributed by atoms with Crippen molar-refractivity contribution in [2.24, 2.45) is 33.7 Å². The van der Waals surface area contributed by atoms with E-state index in [2.05, 4.69) is 37.8 Å². The fraction of sp³-hybridized carbons (Fsp3) is 0.577. The molecule has 2 saturated heterocycles. The molecule has 6 nitrogen and oxygen atoms in total. The van der Waals surface area contributed by atoms with Gasteiger partial charge in [-0.25, -0.2) is 0 Å². The van der Waals surface area contributed by atoms with Gasteiger partial charge in [0.05, 0.1) is 18.9 Å². The van der Waals surface area contributed by atoms with Crippen molar-refractivity contribution >= 4 is 34.4 Å². The topological polar surface area (TPSA) is 62.2 Å². The lowest BCUT2D eigenvalue weighted by Crippen LogP contribution is -2.53. The molecule has 5 aliphatic rings. The van der Waals surface area contributed by atoms with E-state index in [1.165, 1.54) is 5.01 Å². The van der Waals surface area contributed by atoms with Crippen LogP contribution in [0.3, 0.4) is 0 Å². The van der Waals surface area contributed by atoms with Gasteiger partial charge in [-0.05, 0) is 61.3 Å². The van der Waals surface area contributed by atoms with Gasteiger partial charge in [0.2, 0.25) is 0 Å². The van der Waals surface area contributed by atoms with Crippen LogP contribution in [0.4, 0.5) is 5.69 Å². The zero-order valence-electron chi connectivity index (χ0n) is 19.9. The molecule has 3 fully saturated rings. The Morgan fingerprint density at radius 3 is 2.42 bits per heavy atom. The summed E-state index contributed by atoms with van der Waals surface area (Å²) >= 11 is 1.63. The summed E-state index contributed by atoms with van der Waals surface area (Å²) in [6, 6.07) is 7.87. The number of rotatable bonds is 4. The lowest BCUT2D eigenvalue weighted by Gasteiger charge is -2.55. The first-order chi connectivity index (χ1) is 15.8. The Hall–Kier alpha value is -2.28. The minimum absolute atomic E-state index is 0.124. The Kier molecular flexibility index (Phi) is 5.58. The van der Waals surface area contributed by atoms with E-state index in [4.69, 9.17) is 9.84 Å². The van der Waals surface area contributed by atoms with Crippen molar-refractivity contribution in [1.82, 2.24) is 5.01 Å². The number of nitrogens with zero attached hydrogens (tertiary/aromatic N) is 3. The minimum Gasteiger partial charge on any atom is -0.497 e. The molecule has 1 aromatic rings. The second-order valence-corrected chi connectivity index (χ2v) is 11.4. The van der Waals surface area contributed by atoms with Crippen molar-refractivity contribution in [2.45, 2.75) is 46.5 Å². The third-order valence-corrected chi connectivity index (χ3v) is 9.38. The number of amidine groups is 1. The molecular formula is C26H33N3O3S. The van der Waals surface area contributed by atoms with E-state index >= 15 is 0 Å². The molecule has 0 radical (unpaired) electrons. The van der Waals surface area contributed by atoms with Gasteiger partial charge < -0.3 is 9.64 Å². The maximum Gasteiger partial charge on any atom is 0.254 e. The molecule has 1 aromatic carbocycles. The molecule has 2 aliphatic heterocycles. The quantitative estimate of drug-likeness (QED) is 0.465. The fourth-order valence-electron chi connectivity index (χ4n) is 6.19. The van der Waals surface area contributed by atoms with Crippen molar-refractivity contribution in [3.8, 4) is 5.75 Å². The van der Waals surface area contributed by atoms with Gasteiger partial charge in [0.15, 0.2) is 5.17 Å². The average molecular weight is 468 g/mol. The Labute approximate surface area is 200 Å². The second kappa shape index (κ2) is 8.19. The van der Waals surface area contributed by atoms with Crippen LogP contribution in [0.5, 0.6) is 5.75 Å². The number of benzene rings is 1. The summed E-state index contributed by atoms with van der Waals surface area (Å²) in [4.78, 5) is 29.6. The first-order valence-electron chi connectivity index (χ1n) is 12.0. The standard InChI is InChI=1S/C26H33N3O3S/c1-17(2)26-13-11-25(3,12-14-26)20-21(26)23(31)29(22(20)30)27-24-28(15-5-6-16-33-24)18-7-9-19(32-4)10-8-18/h7-11,13,17,20-21H,5-6,12,14-16H2,1-4H3/b27-24-/t20-,21+,25+,26-/m1/s1. The summed E-state index contributed by atoms with van der Waals surface area (Å²) in [7, 11) is 1.65. The van der Waals surface area contributed by atoms with Gasteiger partial charge >= 0.3 is 0 Å². The number of methoxy groups -OCH3 is 1. The van der Waals surface area contributed by atoms with Crippen LogP contribution in [-0.2, 0) is 9.59 Å². The highest BCUT2D eigenvalue weighted by Gasteiger charge is 2.67. The van der Waals surface area contributed by atoms with Crippen molar-refractivity contribution < 1.29 is 14.3 Å². The Morgan fingerprint density at radius 2 is 1.79 bits per heavy atom. The molecule has 0 N–H and O–H groups in total. The highest BCUT2D eigenvalue weighted by Crippen LogP contribution is 2.64. The van der Waals surface area contributed by atoms with Crippen LogP contribution in [-0.4, -0.2) is 41.4 Å². The van der Waals surface area contributed by atoms with Gasteiger partial charge in [-0.15, -0.1) is 5.10 Å². The van der Waals surface area contributed by atoms with Crippen molar-refractivity contribution in [2.75, 3.05) is 24.3 Å². The molecule has 4 atom stereocenters. The Balaban J connectivity index is 1.52. The zero-order chi connectivity index (χ0) is 23.4. The number of fused-ring (bicyclic) bond motifs is 1. The number of carbonyl (C=O) groups excluding carboxylic acids is 2. The number of hydrogen-bond donors (Lipinski definition) is 0. The van der Waals surface area contributed by atoms with Crippen LogP contribution >= 0.6 is 11.8 Å². The summed E-state index contributed by atoms with van der Waals surface area (Å²) in [6.07, 6.45) is 8.46. The molecular weight excluding hydrogens is 434 g/mol. The van der Waals surface area contributed by atoms with Gasteiger partial charge in [0, 0.05) is 23.4 Å². The second-order valence-electron chi connectivity index (χ2n) is 10.3. The summed E-state index contributed by atoms with van der Waals surface area (Å²) in [5.41, 5.74) is 0.471. The number of carbonyl (C=O) groups is 2. The van der Waals surface area contributed by atoms with Crippen LogP contribution in [0.2, 0.25) is 0 Å². The van der Waals surface area contributed by atoms with Gasteiger partial charge in [-0.2, -0.15) is 5.01 Å². The summed E-state index contributed by atoms with van der Waals surface area (Å²) in [5.74, 6) is 1.12. The van der Waals surface area contributed by atoms with Crippen LogP contribution in [0.15, 0.2) is 41.5 Å². The number of amides is 2. The first-order valence-corrected chi connectivity index (χ1v) is 13.0. The minimum atomic E-state index is -0.319. The predicted octanol–water partition coefficient (Wildman–Crippen LogP) is 4.91.